The topological polar surface area (TPSA) is 41.1 Å². The number of rotatable bonds is 5. The lowest BCUT2D eigenvalue weighted by Gasteiger charge is -2.14. The van der Waals surface area contributed by atoms with Gasteiger partial charge in [-0.15, -0.1) is 0 Å². The quantitative estimate of drug-likeness (QED) is 0.715. The molecule has 0 saturated heterocycles. The van der Waals surface area contributed by atoms with E-state index in [0.29, 0.717) is 6.54 Å². The van der Waals surface area contributed by atoms with Crippen LogP contribution in [0.3, 0.4) is 0 Å². The van der Waals surface area contributed by atoms with Gasteiger partial charge in [-0.1, -0.05) is 6.92 Å². The molecule has 0 aromatic rings. The number of hydrogen-bond donors (Lipinski definition) is 2. The third kappa shape index (κ3) is 6.71. The van der Waals surface area contributed by atoms with Crippen LogP contribution in [-0.2, 0) is 4.79 Å². The largest absolute Gasteiger partial charge is 0.405 e. The van der Waals surface area contributed by atoms with E-state index in [9.17, 15) is 18.0 Å². The molecule has 0 fully saturated rings. The van der Waals surface area contributed by atoms with Crippen LogP contribution in [0.2, 0.25) is 0 Å². The van der Waals surface area contributed by atoms with E-state index in [1.165, 1.54) is 6.92 Å². The second-order valence-electron chi connectivity index (χ2n) is 3.01. The summed E-state index contributed by atoms with van der Waals surface area (Å²) in [4.78, 5) is 11.0. The standard InChI is InChI=1S/C8H15F3N2O/c1-3-4-12-6(2)7(14)13-5-8(9,10)11/h6,12H,3-5H2,1-2H3,(H,13,14). The van der Waals surface area contributed by atoms with Crippen LogP contribution >= 0.6 is 0 Å². The summed E-state index contributed by atoms with van der Waals surface area (Å²) < 4.78 is 35.1. The molecule has 2 N–H and O–H groups in total. The predicted molar refractivity (Wildman–Crippen MR) is 46.8 cm³/mol. The fraction of sp³-hybridized carbons (Fsp3) is 0.875. The summed E-state index contributed by atoms with van der Waals surface area (Å²) in [5.41, 5.74) is 0. The highest BCUT2D eigenvalue weighted by Gasteiger charge is 2.28. The Hall–Kier alpha value is -0.780. The summed E-state index contributed by atoms with van der Waals surface area (Å²) >= 11 is 0. The number of alkyl halides is 3. The lowest BCUT2D eigenvalue weighted by Crippen LogP contribution is -2.45. The smallest absolute Gasteiger partial charge is 0.346 e. The summed E-state index contributed by atoms with van der Waals surface area (Å²) in [6.45, 7) is 2.78. The molecule has 1 atom stereocenters. The fourth-order valence-corrected chi connectivity index (χ4v) is 0.794. The van der Waals surface area contributed by atoms with Crippen LogP contribution in [0.1, 0.15) is 20.3 Å². The van der Waals surface area contributed by atoms with Crippen LogP contribution in [0.15, 0.2) is 0 Å². The van der Waals surface area contributed by atoms with Crippen molar-refractivity contribution in [1.82, 2.24) is 10.6 Å². The molecule has 0 heterocycles. The summed E-state index contributed by atoms with van der Waals surface area (Å²) in [6, 6.07) is -0.586. The van der Waals surface area contributed by atoms with E-state index in [1.807, 2.05) is 6.92 Å². The minimum Gasteiger partial charge on any atom is -0.346 e. The SMILES string of the molecule is CCCNC(C)C(=O)NCC(F)(F)F. The molecule has 0 bridgehead atoms. The first-order valence-electron chi connectivity index (χ1n) is 4.44. The van der Waals surface area contributed by atoms with Crippen LogP contribution in [0.25, 0.3) is 0 Å². The minimum atomic E-state index is -4.35. The highest BCUT2D eigenvalue weighted by atomic mass is 19.4. The summed E-state index contributed by atoms with van der Waals surface area (Å²) in [6.07, 6.45) is -3.52. The Balaban J connectivity index is 3.73. The third-order valence-corrected chi connectivity index (χ3v) is 1.56. The molecule has 14 heavy (non-hydrogen) atoms. The number of hydrogen-bond acceptors (Lipinski definition) is 2. The Labute approximate surface area is 81.1 Å². The van der Waals surface area contributed by atoms with Gasteiger partial charge < -0.3 is 10.6 Å². The van der Waals surface area contributed by atoms with Gasteiger partial charge in [0, 0.05) is 0 Å². The van der Waals surface area contributed by atoms with Crippen LogP contribution in [0, 0.1) is 0 Å². The average Bonchev–Trinajstić information content (AvgIpc) is 2.09. The molecule has 0 aliphatic rings. The zero-order valence-electron chi connectivity index (χ0n) is 8.24. The van der Waals surface area contributed by atoms with Crippen molar-refractivity contribution < 1.29 is 18.0 Å². The Bertz CT molecular complexity index is 182. The molecule has 1 unspecified atom stereocenters. The van der Waals surface area contributed by atoms with Crippen molar-refractivity contribution in [3.8, 4) is 0 Å². The molecular formula is C8H15F3N2O. The Kier molecular flexibility index (Phi) is 5.52. The normalized spacial score (nSPS) is 13.8. The maximum atomic E-state index is 11.7. The molecule has 0 aliphatic carbocycles. The van der Waals surface area contributed by atoms with E-state index in [0.717, 1.165) is 6.42 Å². The van der Waals surface area contributed by atoms with Crippen molar-refractivity contribution >= 4 is 5.91 Å². The lowest BCUT2D eigenvalue weighted by molar-refractivity contribution is -0.139. The Morgan fingerprint density at radius 2 is 2.00 bits per heavy atom. The minimum absolute atomic E-state index is 0.586. The molecule has 0 saturated carbocycles. The van der Waals surface area contributed by atoms with Crippen LogP contribution in [0.4, 0.5) is 13.2 Å². The van der Waals surface area contributed by atoms with Gasteiger partial charge in [-0.3, -0.25) is 4.79 Å². The number of carbonyl (C=O) groups is 1. The second kappa shape index (κ2) is 5.85. The first kappa shape index (κ1) is 13.2. The Morgan fingerprint density at radius 3 is 2.43 bits per heavy atom. The van der Waals surface area contributed by atoms with E-state index in [-0.39, 0.29) is 0 Å². The molecule has 0 aliphatic heterocycles. The average molecular weight is 212 g/mol. The summed E-state index contributed by atoms with van der Waals surface area (Å²) in [5, 5.41) is 4.59. The van der Waals surface area contributed by atoms with Gasteiger partial charge in [-0.05, 0) is 19.9 Å². The first-order chi connectivity index (χ1) is 6.37. The maximum absolute atomic E-state index is 11.7. The van der Waals surface area contributed by atoms with Crippen LogP contribution < -0.4 is 10.6 Å². The molecule has 6 heteroatoms. The number of halogens is 3. The third-order valence-electron chi connectivity index (χ3n) is 1.56. The van der Waals surface area contributed by atoms with Gasteiger partial charge in [0.1, 0.15) is 6.54 Å². The highest BCUT2D eigenvalue weighted by Crippen LogP contribution is 2.12. The monoisotopic (exact) mass is 212 g/mol. The first-order valence-corrected chi connectivity index (χ1v) is 4.44. The maximum Gasteiger partial charge on any atom is 0.405 e. The van der Waals surface area contributed by atoms with E-state index >= 15 is 0 Å². The van der Waals surface area contributed by atoms with Crippen molar-refractivity contribution in [2.75, 3.05) is 13.1 Å². The molecule has 0 radical (unpaired) electrons. The van der Waals surface area contributed by atoms with Crippen molar-refractivity contribution in [1.29, 1.82) is 0 Å². The molecular weight excluding hydrogens is 197 g/mol. The van der Waals surface area contributed by atoms with Gasteiger partial charge in [0.2, 0.25) is 5.91 Å². The van der Waals surface area contributed by atoms with Gasteiger partial charge >= 0.3 is 6.18 Å². The van der Waals surface area contributed by atoms with Crippen molar-refractivity contribution in [3.05, 3.63) is 0 Å². The molecule has 0 aromatic heterocycles. The van der Waals surface area contributed by atoms with E-state index in [1.54, 1.807) is 5.32 Å². The number of nitrogens with one attached hydrogen (secondary N) is 2. The second-order valence-corrected chi connectivity index (χ2v) is 3.01. The lowest BCUT2D eigenvalue weighted by atomic mass is 10.3. The van der Waals surface area contributed by atoms with E-state index in [2.05, 4.69) is 5.32 Å². The van der Waals surface area contributed by atoms with E-state index < -0.39 is 24.7 Å². The van der Waals surface area contributed by atoms with Gasteiger partial charge in [-0.2, -0.15) is 13.2 Å². The molecule has 0 rings (SSSR count). The molecule has 1 amide bonds. The Morgan fingerprint density at radius 1 is 1.43 bits per heavy atom. The van der Waals surface area contributed by atoms with Gasteiger partial charge in [-0.25, -0.2) is 0 Å². The molecule has 3 nitrogen and oxygen atoms in total. The zero-order valence-corrected chi connectivity index (χ0v) is 8.24. The van der Waals surface area contributed by atoms with Crippen molar-refractivity contribution in [2.24, 2.45) is 0 Å². The van der Waals surface area contributed by atoms with E-state index in [4.69, 9.17) is 0 Å². The highest BCUT2D eigenvalue weighted by molar-refractivity contribution is 5.81. The van der Waals surface area contributed by atoms with Gasteiger partial charge in [0.05, 0.1) is 6.04 Å². The van der Waals surface area contributed by atoms with Crippen LogP contribution in [-0.4, -0.2) is 31.2 Å². The van der Waals surface area contributed by atoms with Crippen molar-refractivity contribution in [3.63, 3.8) is 0 Å². The summed E-state index contributed by atoms with van der Waals surface area (Å²) in [5.74, 6) is -0.629. The molecule has 84 valence electrons. The number of carbonyl (C=O) groups excluding carboxylic acids is 1. The zero-order chi connectivity index (χ0) is 11.2. The molecule has 0 spiro atoms. The number of amides is 1. The fourth-order valence-electron chi connectivity index (χ4n) is 0.794. The van der Waals surface area contributed by atoms with Crippen LogP contribution in [0.5, 0.6) is 0 Å². The van der Waals surface area contributed by atoms with Gasteiger partial charge in [0.25, 0.3) is 0 Å². The molecule has 0 aromatic carbocycles. The summed E-state index contributed by atoms with van der Waals surface area (Å²) in [7, 11) is 0. The van der Waals surface area contributed by atoms with Gasteiger partial charge in [0.15, 0.2) is 0 Å². The predicted octanol–water partition coefficient (Wildman–Crippen LogP) is 1.05. The van der Waals surface area contributed by atoms with Crippen molar-refractivity contribution in [2.45, 2.75) is 32.5 Å².